The number of thioether (sulfide) groups is 1. The molecule has 0 bridgehead atoms. The van der Waals surface area contributed by atoms with Gasteiger partial charge in [0.1, 0.15) is 5.54 Å². The summed E-state index contributed by atoms with van der Waals surface area (Å²) in [6.45, 7) is 4.21. The standard InChI is InChI=1S/C12H16N2S/c1-10(2)15-9-12(14,8-13)11-6-4-3-5-7-11/h3-7,10H,9,14H2,1-2H3. The first kappa shape index (κ1) is 12.1. The number of nitriles is 1. The number of rotatable bonds is 4. The van der Waals surface area contributed by atoms with Gasteiger partial charge >= 0.3 is 0 Å². The number of hydrogen-bond donors (Lipinski definition) is 1. The summed E-state index contributed by atoms with van der Waals surface area (Å²) in [5.41, 5.74) is 6.11. The van der Waals surface area contributed by atoms with E-state index in [2.05, 4.69) is 19.9 Å². The van der Waals surface area contributed by atoms with E-state index in [9.17, 15) is 0 Å². The van der Waals surface area contributed by atoms with E-state index in [1.54, 1.807) is 11.8 Å². The topological polar surface area (TPSA) is 49.8 Å². The Bertz CT molecular complexity index is 342. The molecule has 1 unspecified atom stereocenters. The Kier molecular flexibility index (Phi) is 4.19. The minimum Gasteiger partial charge on any atom is -0.309 e. The molecule has 15 heavy (non-hydrogen) atoms. The van der Waals surface area contributed by atoms with Crippen molar-refractivity contribution in [2.75, 3.05) is 5.75 Å². The molecular weight excluding hydrogens is 204 g/mol. The van der Waals surface area contributed by atoms with Crippen molar-refractivity contribution >= 4 is 11.8 Å². The van der Waals surface area contributed by atoms with Crippen molar-refractivity contribution in [2.24, 2.45) is 5.73 Å². The van der Waals surface area contributed by atoms with Gasteiger partial charge < -0.3 is 5.73 Å². The average Bonchev–Trinajstić information content (AvgIpc) is 2.27. The van der Waals surface area contributed by atoms with E-state index in [0.29, 0.717) is 11.0 Å². The summed E-state index contributed by atoms with van der Waals surface area (Å²) in [5.74, 6) is 0.630. The van der Waals surface area contributed by atoms with Gasteiger partial charge in [0, 0.05) is 5.75 Å². The van der Waals surface area contributed by atoms with E-state index in [4.69, 9.17) is 11.0 Å². The molecule has 80 valence electrons. The summed E-state index contributed by atoms with van der Waals surface area (Å²) in [5, 5.41) is 9.65. The third-order valence-electron chi connectivity index (χ3n) is 2.13. The van der Waals surface area contributed by atoms with Crippen molar-refractivity contribution < 1.29 is 0 Å². The summed E-state index contributed by atoms with van der Waals surface area (Å²) >= 11 is 1.71. The van der Waals surface area contributed by atoms with Crippen LogP contribution in [0.5, 0.6) is 0 Å². The summed E-state index contributed by atoms with van der Waals surface area (Å²) in [7, 11) is 0. The third kappa shape index (κ3) is 3.26. The molecule has 0 aliphatic rings. The second-order valence-corrected chi connectivity index (χ2v) is 5.37. The van der Waals surface area contributed by atoms with Crippen LogP contribution in [0.2, 0.25) is 0 Å². The fourth-order valence-electron chi connectivity index (χ4n) is 1.21. The fourth-order valence-corrected chi connectivity index (χ4v) is 2.04. The summed E-state index contributed by atoms with van der Waals surface area (Å²) in [4.78, 5) is 0. The molecule has 0 saturated heterocycles. The molecule has 1 rings (SSSR count). The van der Waals surface area contributed by atoms with Crippen LogP contribution in [-0.2, 0) is 5.54 Å². The van der Waals surface area contributed by atoms with Gasteiger partial charge in [-0.25, -0.2) is 0 Å². The van der Waals surface area contributed by atoms with E-state index in [-0.39, 0.29) is 0 Å². The van der Waals surface area contributed by atoms with Gasteiger partial charge in [-0.3, -0.25) is 0 Å². The number of nitrogens with two attached hydrogens (primary N) is 1. The molecule has 0 amide bonds. The zero-order chi connectivity index (χ0) is 11.3. The molecule has 1 atom stereocenters. The van der Waals surface area contributed by atoms with Gasteiger partial charge in [-0.1, -0.05) is 44.2 Å². The summed E-state index contributed by atoms with van der Waals surface area (Å²) in [6, 6.07) is 11.8. The van der Waals surface area contributed by atoms with Gasteiger partial charge in [0.15, 0.2) is 0 Å². The van der Waals surface area contributed by atoms with E-state index >= 15 is 0 Å². The van der Waals surface area contributed by atoms with Crippen LogP contribution >= 0.6 is 11.8 Å². The van der Waals surface area contributed by atoms with Crippen LogP contribution in [0.4, 0.5) is 0 Å². The van der Waals surface area contributed by atoms with Crippen molar-refractivity contribution in [3.63, 3.8) is 0 Å². The molecule has 0 radical (unpaired) electrons. The summed E-state index contributed by atoms with van der Waals surface area (Å²) < 4.78 is 0. The first-order chi connectivity index (χ1) is 7.08. The number of benzene rings is 1. The molecule has 0 fully saturated rings. The highest BCUT2D eigenvalue weighted by Crippen LogP contribution is 2.24. The fraction of sp³-hybridized carbons (Fsp3) is 0.417. The van der Waals surface area contributed by atoms with Crippen molar-refractivity contribution in [3.05, 3.63) is 35.9 Å². The molecule has 0 heterocycles. The van der Waals surface area contributed by atoms with Crippen LogP contribution in [0.15, 0.2) is 30.3 Å². The molecule has 0 aromatic heterocycles. The Morgan fingerprint density at radius 1 is 1.40 bits per heavy atom. The molecule has 0 aliphatic carbocycles. The minimum atomic E-state index is -0.865. The van der Waals surface area contributed by atoms with Crippen molar-refractivity contribution in [1.82, 2.24) is 0 Å². The van der Waals surface area contributed by atoms with Crippen molar-refractivity contribution in [2.45, 2.75) is 24.6 Å². The minimum absolute atomic E-state index is 0.491. The Morgan fingerprint density at radius 2 is 2.00 bits per heavy atom. The van der Waals surface area contributed by atoms with Gasteiger partial charge in [0.25, 0.3) is 0 Å². The Hall–Kier alpha value is -0.980. The zero-order valence-corrected chi connectivity index (χ0v) is 9.92. The molecule has 1 aromatic carbocycles. The number of hydrogen-bond acceptors (Lipinski definition) is 3. The monoisotopic (exact) mass is 220 g/mol. The molecule has 0 spiro atoms. The quantitative estimate of drug-likeness (QED) is 0.848. The van der Waals surface area contributed by atoms with Crippen LogP contribution in [0.25, 0.3) is 0 Å². The smallest absolute Gasteiger partial charge is 0.138 e. The SMILES string of the molecule is CC(C)SCC(N)(C#N)c1ccccc1. The lowest BCUT2D eigenvalue weighted by atomic mass is 9.95. The van der Waals surface area contributed by atoms with Gasteiger partial charge in [0.2, 0.25) is 0 Å². The predicted molar refractivity (Wildman–Crippen MR) is 65.5 cm³/mol. The maximum atomic E-state index is 9.16. The molecular formula is C12H16N2S. The first-order valence-electron chi connectivity index (χ1n) is 4.96. The zero-order valence-electron chi connectivity index (χ0n) is 9.10. The Balaban J connectivity index is 2.82. The van der Waals surface area contributed by atoms with Gasteiger partial charge in [-0.2, -0.15) is 17.0 Å². The molecule has 2 nitrogen and oxygen atoms in total. The lowest BCUT2D eigenvalue weighted by molar-refractivity contribution is 0.658. The highest BCUT2D eigenvalue weighted by molar-refractivity contribution is 7.99. The van der Waals surface area contributed by atoms with Crippen LogP contribution in [0.3, 0.4) is 0 Å². The van der Waals surface area contributed by atoms with E-state index in [1.807, 2.05) is 30.3 Å². The Labute approximate surface area is 95.5 Å². The van der Waals surface area contributed by atoms with Crippen LogP contribution < -0.4 is 5.73 Å². The molecule has 0 saturated carbocycles. The predicted octanol–water partition coefficient (Wildman–Crippen LogP) is 2.51. The Morgan fingerprint density at radius 3 is 2.47 bits per heavy atom. The van der Waals surface area contributed by atoms with E-state index < -0.39 is 5.54 Å². The largest absolute Gasteiger partial charge is 0.309 e. The lowest BCUT2D eigenvalue weighted by Crippen LogP contribution is -2.38. The molecule has 0 aliphatic heterocycles. The normalized spacial score (nSPS) is 14.6. The summed E-state index contributed by atoms with van der Waals surface area (Å²) in [6.07, 6.45) is 0. The highest BCUT2D eigenvalue weighted by atomic mass is 32.2. The first-order valence-corrected chi connectivity index (χ1v) is 6.00. The van der Waals surface area contributed by atoms with Gasteiger partial charge in [0.05, 0.1) is 6.07 Å². The maximum absolute atomic E-state index is 9.16. The second-order valence-electron chi connectivity index (χ2n) is 3.81. The molecule has 2 N–H and O–H groups in total. The lowest BCUT2D eigenvalue weighted by Gasteiger charge is -2.22. The highest BCUT2D eigenvalue weighted by Gasteiger charge is 2.27. The average molecular weight is 220 g/mol. The molecule has 3 heteroatoms. The van der Waals surface area contributed by atoms with Crippen LogP contribution in [-0.4, -0.2) is 11.0 Å². The van der Waals surface area contributed by atoms with Crippen LogP contribution in [0, 0.1) is 11.3 Å². The van der Waals surface area contributed by atoms with E-state index in [0.717, 1.165) is 5.56 Å². The van der Waals surface area contributed by atoms with E-state index in [1.165, 1.54) is 0 Å². The van der Waals surface area contributed by atoms with Crippen molar-refractivity contribution in [1.29, 1.82) is 5.26 Å². The van der Waals surface area contributed by atoms with Gasteiger partial charge in [-0.15, -0.1) is 0 Å². The second kappa shape index (κ2) is 5.20. The van der Waals surface area contributed by atoms with Crippen LogP contribution in [0.1, 0.15) is 19.4 Å². The molecule has 1 aromatic rings. The van der Waals surface area contributed by atoms with Gasteiger partial charge in [-0.05, 0) is 10.8 Å². The van der Waals surface area contributed by atoms with Crippen molar-refractivity contribution in [3.8, 4) is 6.07 Å². The third-order valence-corrected chi connectivity index (χ3v) is 3.42. The maximum Gasteiger partial charge on any atom is 0.138 e. The number of nitrogens with zero attached hydrogens (tertiary/aromatic N) is 1.